The molecular weight excluding hydrogens is 325 g/mol. The summed E-state index contributed by atoms with van der Waals surface area (Å²) < 4.78 is 31.0. The van der Waals surface area contributed by atoms with Gasteiger partial charge in [-0.2, -0.15) is 4.98 Å². The molecule has 9 heteroatoms. The molecule has 0 aliphatic heterocycles. The zero-order chi connectivity index (χ0) is 14.8. The van der Waals surface area contributed by atoms with Gasteiger partial charge in [-0.15, -0.1) is 0 Å². The molecular formula is C11H11Cl2N3O3S. The molecule has 1 aromatic carbocycles. The minimum Gasteiger partial charge on any atom is -0.340 e. The number of rotatable bonds is 5. The Morgan fingerprint density at radius 2 is 2.10 bits per heavy atom. The lowest BCUT2D eigenvalue weighted by Crippen LogP contribution is -2.25. The van der Waals surface area contributed by atoms with Gasteiger partial charge in [-0.25, -0.2) is 13.1 Å². The fourth-order valence-electron chi connectivity index (χ4n) is 1.48. The monoisotopic (exact) mass is 335 g/mol. The second-order valence-corrected chi connectivity index (χ2v) is 6.70. The number of hydrogen-bond acceptors (Lipinski definition) is 5. The molecule has 0 radical (unpaired) electrons. The summed E-state index contributed by atoms with van der Waals surface area (Å²) in [5.74, 6) is 0.396. The highest BCUT2D eigenvalue weighted by Crippen LogP contribution is 2.22. The molecule has 2 aromatic rings. The van der Waals surface area contributed by atoms with E-state index in [0.29, 0.717) is 21.5 Å². The number of benzene rings is 1. The highest BCUT2D eigenvalue weighted by atomic mass is 35.5. The molecule has 0 bridgehead atoms. The Labute approximate surface area is 126 Å². The number of aromatic nitrogens is 2. The normalized spacial score (nSPS) is 11.8. The van der Waals surface area contributed by atoms with Crippen molar-refractivity contribution in [3.8, 4) is 0 Å². The molecule has 0 aliphatic rings. The molecule has 0 aliphatic carbocycles. The summed E-state index contributed by atoms with van der Waals surface area (Å²) in [7, 11) is -3.56. The standard InChI is InChI=1S/C11H11Cl2N3O3S/c1-7-15-11(16-19-7)5-14-20(17,18)6-8-2-3-9(12)4-10(8)13/h2-4,14H,5-6H2,1H3. The molecule has 0 fully saturated rings. The number of hydrogen-bond donors (Lipinski definition) is 1. The maximum Gasteiger partial charge on any atom is 0.223 e. The van der Waals surface area contributed by atoms with Crippen molar-refractivity contribution in [1.29, 1.82) is 0 Å². The van der Waals surface area contributed by atoms with Crippen LogP contribution in [-0.4, -0.2) is 18.6 Å². The van der Waals surface area contributed by atoms with E-state index in [4.69, 9.17) is 27.7 Å². The largest absolute Gasteiger partial charge is 0.340 e. The summed E-state index contributed by atoms with van der Waals surface area (Å²) in [4.78, 5) is 3.90. The van der Waals surface area contributed by atoms with Crippen LogP contribution in [-0.2, 0) is 22.3 Å². The maximum absolute atomic E-state index is 11.9. The first-order chi connectivity index (χ1) is 9.35. The quantitative estimate of drug-likeness (QED) is 0.906. The lowest BCUT2D eigenvalue weighted by molar-refractivity contribution is 0.387. The van der Waals surface area contributed by atoms with Crippen LogP contribution in [0.1, 0.15) is 17.3 Å². The van der Waals surface area contributed by atoms with E-state index in [2.05, 4.69) is 14.9 Å². The van der Waals surface area contributed by atoms with E-state index < -0.39 is 10.0 Å². The van der Waals surface area contributed by atoms with Crippen molar-refractivity contribution in [2.75, 3.05) is 0 Å². The van der Waals surface area contributed by atoms with E-state index in [1.165, 1.54) is 6.07 Å². The minimum atomic E-state index is -3.56. The van der Waals surface area contributed by atoms with Gasteiger partial charge in [0, 0.05) is 17.0 Å². The van der Waals surface area contributed by atoms with Gasteiger partial charge in [0.15, 0.2) is 5.82 Å². The van der Waals surface area contributed by atoms with Crippen molar-refractivity contribution >= 4 is 33.2 Å². The van der Waals surface area contributed by atoms with Crippen LogP contribution in [0.5, 0.6) is 0 Å². The van der Waals surface area contributed by atoms with Crippen molar-refractivity contribution in [1.82, 2.24) is 14.9 Å². The Balaban J connectivity index is 2.03. The van der Waals surface area contributed by atoms with Crippen LogP contribution in [0.4, 0.5) is 0 Å². The highest BCUT2D eigenvalue weighted by Gasteiger charge is 2.15. The lowest BCUT2D eigenvalue weighted by Gasteiger charge is -2.07. The first-order valence-electron chi connectivity index (χ1n) is 5.56. The summed E-state index contributed by atoms with van der Waals surface area (Å²) in [5.41, 5.74) is 0.466. The third-order valence-electron chi connectivity index (χ3n) is 2.38. The second kappa shape index (κ2) is 6.09. The Hall–Kier alpha value is -1.15. The fraction of sp³-hybridized carbons (Fsp3) is 0.273. The van der Waals surface area contributed by atoms with Gasteiger partial charge in [0.2, 0.25) is 15.9 Å². The van der Waals surface area contributed by atoms with E-state index in [-0.39, 0.29) is 18.1 Å². The third-order valence-corrected chi connectivity index (χ3v) is 4.24. The highest BCUT2D eigenvalue weighted by molar-refractivity contribution is 7.88. The predicted molar refractivity (Wildman–Crippen MR) is 75.0 cm³/mol. The van der Waals surface area contributed by atoms with Gasteiger partial charge in [0.1, 0.15) is 0 Å². The molecule has 0 saturated carbocycles. The minimum absolute atomic E-state index is 0.0368. The van der Waals surface area contributed by atoms with E-state index in [1.807, 2.05) is 0 Å². The lowest BCUT2D eigenvalue weighted by atomic mass is 10.2. The van der Waals surface area contributed by atoms with Gasteiger partial charge in [0.25, 0.3) is 0 Å². The van der Waals surface area contributed by atoms with E-state index >= 15 is 0 Å². The van der Waals surface area contributed by atoms with Crippen LogP contribution in [0.15, 0.2) is 22.7 Å². The van der Waals surface area contributed by atoms with Crippen LogP contribution >= 0.6 is 23.2 Å². The molecule has 6 nitrogen and oxygen atoms in total. The Morgan fingerprint density at radius 3 is 2.70 bits per heavy atom. The smallest absolute Gasteiger partial charge is 0.223 e. The molecule has 1 aromatic heterocycles. The van der Waals surface area contributed by atoms with Gasteiger partial charge in [-0.05, 0) is 17.7 Å². The number of nitrogens with zero attached hydrogens (tertiary/aromatic N) is 2. The van der Waals surface area contributed by atoms with E-state index in [9.17, 15) is 8.42 Å². The molecule has 2 rings (SSSR count). The Bertz CT molecular complexity index is 715. The van der Waals surface area contributed by atoms with Crippen molar-refractivity contribution in [3.63, 3.8) is 0 Å². The average molecular weight is 336 g/mol. The number of nitrogens with one attached hydrogen (secondary N) is 1. The van der Waals surface area contributed by atoms with Crippen LogP contribution in [0, 0.1) is 6.92 Å². The third kappa shape index (κ3) is 4.17. The van der Waals surface area contributed by atoms with E-state index in [0.717, 1.165) is 0 Å². The SMILES string of the molecule is Cc1nc(CNS(=O)(=O)Cc2ccc(Cl)cc2Cl)no1. The summed E-state index contributed by atoms with van der Waals surface area (Å²) in [6.45, 7) is 1.59. The van der Waals surface area contributed by atoms with Crippen molar-refractivity contribution < 1.29 is 12.9 Å². The summed E-state index contributed by atoms with van der Waals surface area (Å²) in [5, 5.41) is 4.35. The second-order valence-electron chi connectivity index (χ2n) is 4.05. The Kier molecular flexibility index (Phi) is 4.64. The van der Waals surface area contributed by atoms with Gasteiger partial charge in [-0.1, -0.05) is 34.4 Å². The first kappa shape index (κ1) is 15.2. The summed E-state index contributed by atoms with van der Waals surface area (Å²) >= 11 is 11.7. The van der Waals surface area contributed by atoms with Crippen LogP contribution in [0.3, 0.4) is 0 Å². The van der Waals surface area contributed by atoms with Gasteiger partial charge in [-0.3, -0.25) is 0 Å². The number of aryl methyl sites for hydroxylation is 1. The molecule has 0 saturated heterocycles. The topological polar surface area (TPSA) is 85.1 Å². The zero-order valence-electron chi connectivity index (χ0n) is 10.4. The summed E-state index contributed by atoms with van der Waals surface area (Å²) in [6, 6.07) is 4.65. The molecule has 0 amide bonds. The Morgan fingerprint density at radius 1 is 1.35 bits per heavy atom. The maximum atomic E-state index is 11.9. The van der Waals surface area contributed by atoms with Crippen LogP contribution < -0.4 is 4.72 Å². The van der Waals surface area contributed by atoms with E-state index in [1.54, 1.807) is 19.1 Å². The average Bonchev–Trinajstić information content (AvgIpc) is 2.77. The van der Waals surface area contributed by atoms with Gasteiger partial charge in [0.05, 0.1) is 12.3 Å². The number of halogens is 2. The van der Waals surface area contributed by atoms with Crippen molar-refractivity contribution in [2.45, 2.75) is 19.2 Å². The summed E-state index contributed by atoms with van der Waals surface area (Å²) in [6.07, 6.45) is 0. The van der Waals surface area contributed by atoms with Crippen LogP contribution in [0.2, 0.25) is 10.0 Å². The molecule has 1 N–H and O–H groups in total. The van der Waals surface area contributed by atoms with Crippen molar-refractivity contribution in [3.05, 3.63) is 45.5 Å². The number of sulfonamides is 1. The van der Waals surface area contributed by atoms with Gasteiger partial charge >= 0.3 is 0 Å². The molecule has 20 heavy (non-hydrogen) atoms. The van der Waals surface area contributed by atoms with Crippen molar-refractivity contribution in [2.24, 2.45) is 0 Å². The zero-order valence-corrected chi connectivity index (χ0v) is 12.8. The fourth-order valence-corrected chi connectivity index (χ4v) is 3.15. The first-order valence-corrected chi connectivity index (χ1v) is 7.97. The van der Waals surface area contributed by atoms with Gasteiger partial charge < -0.3 is 4.52 Å². The molecule has 108 valence electrons. The van der Waals surface area contributed by atoms with Crippen LogP contribution in [0.25, 0.3) is 0 Å². The molecule has 0 atom stereocenters. The molecule has 0 spiro atoms. The molecule has 0 unspecified atom stereocenters. The predicted octanol–water partition coefficient (Wildman–Crippen LogP) is 2.30. The molecule has 1 heterocycles.